The van der Waals surface area contributed by atoms with Gasteiger partial charge in [0.15, 0.2) is 17.4 Å². The number of morpholine rings is 1. The molecular formula is C20H23FN6O2. The van der Waals surface area contributed by atoms with Crippen molar-refractivity contribution in [2.45, 2.75) is 19.4 Å². The molecule has 0 unspecified atom stereocenters. The van der Waals surface area contributed by atoms with Gasteiger partial charge in [0.05, 0.1) is 31.6 Å². The fourth-order valence-electron chi connectivity index (χ4n) is 3.28. The molecule has 0 aliphatic carbocycles. The summed E-state index contributed by atoms with van der Waals surface area (Å²) < 4.78 is 24.5. The van der Waals surface area contributed by atoms with E-state index in [2.05, 4.69) is 44.2 Å². The molecule has 0 radical (unpaired) electrons. The lowest BCUT2D eigenvalue weighted by atomic mass is 10.0. The highest BCUT2D eigenvalue weighted by atomic mass is 19.1. The van der Waals surface area contributed by atoms with Crippen LogP contribution in [0.5, 0.6) is 5.75 Å². The maximum Gasteiger partial charge on any atom is 0.227 e. The number of anilines is 3. The normalized spacial score (nSPS) is 15.9. The number of methoxy groups -OCH3 is 1. The number of hydrogen-bond acceptors (Lipinski definition) is 7. The maximum atomic E-state index is 14.0. The predicted molar refractivity (Wildman–Crippen MR) is 108 cm³/mol. The van der Waals surface area contributed by atoms with Gasteiger partial charge in [-0.3, -0.25) is 5.10 Å². The molecule has 29 heavy (non-hydrogen) atoms. The SMILES string of the molecule is COc1ccc(-c2cc(Nc3ccnc(N4CCOCC4(C)C)n3)n[nH]2)cc1F. The second-order valence-corrected chi connectivity index (χ2v) is 7.40. The largest absolute Gasteiger partial charge is 0.494 e. The molecule has 8 nitrogen and oxygen atoms in total. The molecule has 2 aromatic heterocycles. The topological polar surface area (TPSA) is 88.2 Å². The van der Waals surface area contributed by atoms with E-state index in [9.17, 15) is 4.39 Å². The van der Waals surface area contributed by atoms with Crippen LogP contribution in [0.15, 0.2) is 36.5 Å². The molecule has 1 aromatic carbocycles. The fraction of sp³-hybridized carbons (Fsp3) is 0.350. The van der Waals surface area contributed by atoms with Crippen LogP contribution in [0.1, 0.15) is 13.8 Å². The maximum absolute atomic E-state index is 14.0. The van der Waals surface area contributed by atoms with Crippen LogP contribution in [0.3, 0.4) is 0 Å². The molecule has 9 heteroatoms. The Hall–Kier alpha value is -3.20. The molecule has 1 aliphatic heterocycles. The first-order valence-electron chi connectivity index (χ1n) is 9.31. The van der Waals surface area contributed by atoms with Crippen molar-refractivity contribution >= 4 is 17.6 Å². The average molecular weight is 398 g/mol. The van der Waals surface area contributed by atoms with Crippen molar-refractivity contribution in [2.24, 2.45) is 0 Å². The van der Waals surface area contributed by atoms with Gasteiger partial charge < -0.3 is 19.7 Å². The van der Waals surface area contributed by atoms with Gasteiger partial charge in [-0.25, -0.2) is 9.37 Å². The van der Waals surface area contributed by atoms with E-state index in [1.165, 1.54) is 13.2 Å². The van der Waals surface area contributed by atoms with Gasteiger partial charge in [-0.15, -0.1) is 0 Å². The van der Waals surface area contributed by atoms with Gasteiger partial charge in [0, 0.05) is 24.4 Å². The number of hydrogen-bond donors (Lipinski definition) is 2. The number of nitrogens with zero attached hydrogens (tertiary/aromatic N) is 4. The summed E-state index contributed by atoms with van der Waals surface area (Å²) in [6, 6.07) is 8.32. The zero-order valence-corrected chi connectivity index (χ0v) is 16.6. The molecule has 152 valence electrons. The summed E-state index contributed by atoms with van der Waals surface area (Å²) in [7, 11) is 1.43. The second-order valence-electron chi connectivity index (χ2n) is 7.40. The number of halogens is 1. The van der Waals surface area contributed by atoms with Crippen LogP contribution in [0.2, 0.25) is 0 Å². The van der Waals surface area contributed by atoms with Crippen LogP contribution in [0.25, 0.3) is 11.3 Å². The Morgan fingerprint density at radius 3 is 2.86 bits per heavy atom. The van der Waals surface area contributed by atoms with E-state index in [0.717, 1.165) is 6.54 Å². The van der Waals surface area contributed by atoms with E-state index in [1.807, 2.05) is 0 Å². The highest BCUT2D eigenvalue weighted by Crippen LogP contribution is 2.27. The lowest BCUT2D eigenvalue weighted by Crippen LogP contribution is -2.53. The third kappa shape index (κ3) is 4.00. The van der Waals surface area contributed by atoms with E-state index >= 15 is 0 Å². The van der Waals surface area contributed by atoms with Crippen molar-refractivity contribution in [3.63, 3.8) is 0 Å². The second kappa shape index (κ2) is 7.67. The predicted octanol–water partition coefficient (Wildman–Crippen LogP) is 3.37. The van der Waals surface area contributed by atoms with Crippen LogP contribution in [0.4, 0.5) is 22.0 Å². The lowest BCUT2D eigenvalue weighted by molar-refractivity contribution is 0.0634. The van der Waals surface area contributed by atoms with Crippen LogP contribution in [-0.4, -0.2) is 52.6 Å². The van der Waals surface area contributed by atoms with Gasteiger partial charge in [-0.2, -0.15) is 10.1 Å². The first kappa shape index (κ1) is 19.1. The van der Waals surface area contributed by atoms with E-state index in [1.54, 1.807) is 30.5 Å². The third-order valence-electron chi connectivity index (χ3n) is 4.83. The summed E-state index contributed by atoms with van der Waals surface area (Å²) in [5, 5.41) is 10.3. The molecule has 0 bridgehead atoms. The van der Waals surface area contributed by atoms with Crippen molar-refractivity contribution in [2.75, 3.05) is 37.1 Å². The Morgan fingerprint density at radius 2 is 2.10 bits per heavy atom. The quantitative estimate of drug-likeness (QED) is 0.681. The lowest BCUT2D eigenvalue weighted by Gasteiger charge is -2.42. The van der Waals surface area contributed by atoms with Crippen molar-refractivity contribution in [1.29, 1.82) is 0 Å². The molecule has 4 rings (SSSR count). The van der Waals surface area contributed by atoms with Crippen LogP contribution in [-0.2, 0) is 4.74 Å². The van der Waals surface area contributed by atoms with Crippen molar-refractivity contribution < 1.29 is 13.9 Å². The zero-order chi connectivity index (χ0) is 20.4. The van der Waals surface area contributed by atoms with E-state index in [4.69, 9.17) is 9.47 Å². The van der Waals surface area contributed by atoms with E-state index < -0.39 is 5.82 Å². The van der Waals surface area contributed by atoms with Gasteiger partial charge in [-0.1, -0.05) is 0 Å². The number of aromatic nitrogens is 4. The number of benzene rings is 1. The van der Waals surface area contributed by atoms with Crippen LogP contribution < -0.4 is 15.0 Å². The summed E-state index contributed by atoms with van der Waals surface area (Å²) in [6.07, 6.45) is 1.71. The number of rotatable bonds is 5. The van der Waals surface area contributed by atoms with Gasteiger partial charge in [0.25, 0.3) is 0 Å². The molecule has 3 aromatic rings. The highest BCUT2D eigenvalue weighted by Gasteiger charge is 2.32. The molecule has 0 spiro atoms. The van der Waals surface area contributed by atoms with Crippen molar-refractivity contribution in [3.8, 4) is 17.0 Å². The molecule has 1 fully saturated rings. The number of H-pyrrole nitrogens is 1. The highest BCUT2D eigenvalue weighted by molar-refractivity contribution is 5.66. The summed E-state index contributed by atoms with van der Waals surface area (Å²) in [5.74, 6) is 1.60. The van der Waals surface area contributed by atoms with Gasteiger partial charge >= 0.3 is 0 Å². The minimum atomic E-state index is -0.428. The number of nitrogens with one attached hydrogen (secondary N) is 2. The minimum Gasteiger partial charge on any atom is -0.494 e. The van der Waals surface area contributed by atoms with Crippen molar-refractivity contribution in [1.82, 2.24) is 20.2 Å². The van der Waals surface area contributed by atoms with Crippen molar-refractivity contribution in [3.05, 3.63) is 42.3 Å². The first-order chi connectivity index (χ1) is 14.0. The standard InChI is InChI=1S/C20H23FN6O2/c1-20(2)12-29-9-8-27(20)19-22-7-6-17(24-19)23-18-11-15(25-26-18)13-4-5-16(28-3)14(21)10-13/h4-7,10-11H,8-9,12H2,1-3H3,(H2,22,23,24,25,26). The summed E-state index contributed by atoms with van der Waals surface area (Å²) in [4.78, 5) is 11.2. The average Bonchev–Trinajstić information content (AvgIpc) is 3.16. The molecule has 0 saturated carbocycles. The summed E-state index contributed by atoms with van der Waals surface area (Å²) in [6.45, 7) is 6.19. The number of aromatic amines is 1. The molecule has 1 saturated heterocycles. The Labute approximate surface area is 168 Å². The summed E-state index contributed by atoms with van der Waals surface area (Å²) in [5.41, 5.74) is 1.16. The van der Waals surface area contributed by atoms with Crippen LogP contribution >= 0.6 is 0 Å². The van der Waals surface area contributed by atoms with E-state index in [-0.39, 0.29) is 11.3 Å². The molecule has 0 amide bonds. The Bertz CT molecular complexity index is 1010. The van der Waals surface area contributed by atoms with Gasteiger partial charge in [0.2, 0.25) is 5.95 Å². The monoisotopic (exact) mass is 398 g/mol. The Morgan fingerprint density at radius 1 is 1.24 bits per heavy atom. The molecular weight excluding hydrogens is 375 g/mol. The molecule has 2 N–H and O–H groups in total. The first-order valence-corrected chi connectivity index (χ1v) is 9.31. The zero-order valence-electron chi connectivity index (χ0n) is 16.6. The molecule has 0 atom stereocenters. The molecule has 3 heterocycles. The Balaban J connectivity index is 1.53. The van der Waals surface area contributed by atoms with Gasteiger partial charge in [-0.05, 0) is 38.1 Å². The van der Waals surface area contributed by atoms with Gasteiger partial charge in [0.1, 0.15) is 5.82 Å². The fourth-order valence-corrected chi connectivity index (χ4v) is 3.28. The molecule has 1 aliphatic rings. The minimum absolute atomic E-state index is 0.186. The Kier molecular flexibility index (Phi) is 5.06. The van der Waals surface area contributed by atoms with Crippen LogP contribution in [0, 0.1) is 5.82 Å². The summed E-state index contributed by atoms with van der Waals surface area (Å²) >= 11 is 0. The van der Waals surface area contributed by atoms with E-state index in [0.29, 0.717) is 42.1 Å². The smallest absolute Gasteiger partial charge is 0.227 e. The third-order valence-corrected chi connectivity index (χ3v) is 4.83. The number of ether oxygens (including phenoxy) is 2.